The number of methoxy groups -OCH3 is 1. The van der Waals surface area contributed by atoms with E-state index in [0.29, 0.717) is 18.9 Å². The summed E-state index contributed by atoms with van der Waals surface area (Å²) in [6, 6.07) is 5.57. The monoisotopic (exact) mass is 259 g/mol. The Morgan fingerprint density at radius 3 is 2.65 bits per heavy atom. The van der Waals surface area contributed by atoms with Crippen LogP contribution in [0.3, 0.4) is 0 Å². The van der Waals surface area contributed by atoms with E-state index in [1.54, 1.807) is 14.0 Å². The second-order valence-corrected chi connectivity index (χ2v) is 3.33. The molecule has 5 heteroatoms. The highest BCUT2D eigenvalue weighted by Gasteiger charge is 2.09. The lowest BCUT2D eigenvalue weighted by Gasteiger charge is -2.09. The maximum atomic E-state index is 11.4. The van der Waals surface area contributed by atoms with Crippen molar-refractivity contribution in [2.45, 2.75) is 19.9 Å². The largest absolute Gasteiger partial charge is 0.496 e. The molecule has 0 heterocycles. The van der Waals surface area contributed by atoms with Crippen molar-refractivity contribution in [2.75, 3.05) is 13.7 Å². The zero-order valence-corrected chi connectivity index (χ0v) is 10.9. The molecule has 4 nitrogen and oxygen atoms in total. The normalized spacial score (nSPS) is 9.35. The molecule has 0 saturated carbocycles. The van der Waals surface area contributed by atoms with E-state index in [1.807, 2.05) is 18.2 Å². The highest BCUT2D eigenvalue weighted by molar-refractivity contribution is 5.85. The number of hydrogen-bond acceptors (Lipinski definition) is 4. The van der Waals surface area contributed by atoms with Crippen LogP contribution >= 0.6 is 12.4 Å². The summed E-state index contributed by atoms with van der Waals surface area (Å²) < 4.78 is 10.1. The smallest absolute Gasteiger partial charge is 0.310 e. The molecular weight excluding hydrogens is 242 g/mol. The third kappa shape index (κ3) is 4.63. The number of carbonyl (C=O) groups is 1. The van der Waals surface area contributed by atoms with Gasteiger partial charge in [0.05, 0.1) is 20.1 Å². The van der Waals surface area contributed by atoms with Crippen molar-refractivity contribution in [1.82, 2.24) is 0 Å². The first-order valence-corrected chi connectivity index (χ1v) is 5.22. The number of esters is 1. The molecule has 0 unspecified atom stereocenters. The van der Waals surface area contributed by atoms with Crippen LogP contribution in [0, 0.1) is 0 Å². The fourth-order valence-corrected chi connectivity index (χ4v) is 1.46. The van der Waals surface area contributed by atoms with Gasteiger partial charge in [-0.05, 0) is 18.6 Å². The Morgan fingerprint density at radius 1 is 1.41 bits per heavy atom. The minimum absolute atomic E-state index is 0. The molecule has 0 aliphatic carbocycles. The highest BCUT2D eigenvalue weighted by atomic mass is 35.5. The summed E-state index contributed by atoms with van der Waals surface area (Å²) in [5.74, 6) is 0.431. The van der Waals surface area contributed by atoms with Crippen LogP contribution in [-0.2, 0) is 22.5 Å². The molecule has 0 aliphatic rings. The maximum Gasteiger partial charge on any atom is 0.310 e. The molecule has 1 aromatic carbocycles. The summed E-state index contributed by atoms with van der Waals surface area (Å²) in [7, 11) is 1.58. The second-order valence-electron chi connectivity index (χ2n) is 3.33. The lowest BCUT2D eigenvalue weighted by Crippen LogP contribution is -2.09. The van der Waals surface area contributed by atoms with E-state index in [2.05, 4.69) is 0 Å². The number of hydrogen-bond donors (Lipinski definition) is 1. The van der Waals surface area contributed by atoms with Gasteiger partial charge in [-0.15, -0.1) is 12.4 Å². The van der Waals surface area contributed by atoms with Crippen molar-refractivity contribution in [1.29, 1.82) is 0 Å². The van der Waals surface area contributed by atoms with Gasteiger partial charge in [-0.3, -0.25) is 4.79 Å². The van der Waals surface area contributed by atoms with Crippen LogP contribution < -0.4 is 10.5 Å². The molecule has 17 heavy (non-hydrogen) atoms. The van der Waals surface area contributed by atoms with E-state index in [-0.39, 0.29) is 24.8 Å². The van der Waals surface area contributed by atoms with Gasteiger partial charge in [0.25, 0.3) is 0 Å². The van der Waals surface area contributed by atoms with Crippen molar-refractivity contribution < 1.29 is 14.3 Å². The molecule has 0 aromatic heterocycles. The molecule has 1 rings (SSSR count). The number of halogens is 1. The minimum Gasteiger partial charge on any atom is -0.496 e. The summed E-state index contributed by atoms with van der Waals surface area (Å²) in [5, 5.41) is 0. The van der Waals surface area contributed by atoms with E-state index in [4.69, 9.17) is 15.2 Å². The first kappa shape index (κ1) is 15.7. The lowest BCUT2D eigenvalue weighted by molar-refractivity contribution is -0.142. The number of benzene rings is 1. The van der Waals surface area contributed by atoms with Crippen molar-refractivity contribution in [3.05, 3.63) is 29.3 Å². The third-order valence-electron chi connectivity index (χ3n) is 2.22. The molecule has 1 aromatic rings. The van der Waals surface area contributed by atoms with Gasteiger partial charge in [-0.1, -0.05) is 12.1 Å². The summed E-state index contributed by atoms with van der Waals surface area (Å²) in [5.41, 5.74) is 7.32. The predicted molar refractivity (Wildman–Crippen MR) is 68.5 cm³/mol. The number of ether oxygens (including phenoxy) is 2. The minimum atomic E-state index is -0.255. The first-order chi connectivity index (χ1) is 7.71. The topological polar surface area (TPSA) is 61.5 Å². The molecule has 0 aliphatic heterocycles. The van der Waals surface area contributed by atoms with Crippen LogP contribution in [0.4, 0.5) is 0 Å². The van der Waals surface area contributed by atoms with Crippen LogP contribution in [0.25, 0.3) is 0 Å². The molecule has 0 amide bonds. The fourth-order valence-electron chi connectivity index (χ4n) is 1.46. The number of nitrogens with two attached hydrogens (primary N) is 1. The van der Waals surface area contributed by atoms with Gasteiger partial charge < -0.3 is 15.2 Å². The summed E-state index contributed by atoms with van der Waals surface area (Å²) in [6.07, 6.45) is 0.213. The Balaban J connectivity index is 0.00000256. The van der Waals surface area contributed by atoms with Crippen molar-refractivity contribution in [3.8, 4) is 5.75 Å². The maximum absolute atomic E-state index is 11.4. The Hall–Kier alpha value is -1.26. The Morgan fingerprint density at radius 2 is 2.12 bits per heavy atom. The van der Waals surface area contributed by atoms with E-state index in [9.17, 15) is 4.79 Å². The average Bonchev–Trinajstić information content (AvgIpc) is 2.29. The summed E-state index contributed by atoms with van der Waals surface area (Å²) in [4.78, 5) is 11.4. The fraction of sp³-hybridized carbons (Fsp3) is 0.417. The van der Waals surface area contributed by atoms with E-state index in [1.165, 1.54) is 0 Å². The van der Waals surface area contributed by atoms with Crippen LogP contribution in [0.5, 0.6) is 5.75 Å². The van der Waals surface area contributed by atoms with Gasteiger partial charge in [0.1, 0.15) is 5.75 Å². The summed E-state index contributed by atoms with van der Waals surface area (Å²) in [6.45, 7) is 2.61. The second kappa shape index (κ2) is 7.92. The zero-order chi connectivity index (χ0) is 12.0. The van der Waals surface area contributed by atoms with Crippen LogP contribution in [0.15, 0.2) is 18.2 Å². The molecule has 0 bridgehead atoms. The predicted octanol–water partition coefficient (Wildman–Crippen LogP) is 1.68. The number of carbonyl (C=O) groups excluding carboxylic acids is 1. The molecule has 0 spiro atoms. The average molecular weight is 260 g/mol. The lowest BCUT2D eigenvalue weighted by atomic mass is 10.1. The van der Waals surface area contributed by atoms with Gasteiger partial charge in [-0.25, -0.2) is 0 Å². The van der Waals surface area contributed by atoms with Gasteiger partial charge in [-0.2, -0.15) is 0 Å². The Kier molecular flexibility index (Phi) is 7.34. The molecule has 0 radical (unpaired) electrons. The van der Waals surface area contributed by atoms with Crippen LogP contribution in [-0.4, -0.2) is 19.7 Å². The molecule has 0 fully saturated rings. The quantitative estimate of drug-likeness (QED) is 0.818. The van der Waals surface area contributed by atoms with Gasteiger partial charge in [0.2, 0.25) is 0 Å². The van der Waals surface area contributed by atoms with Gasteiger partial charge in [0, 0.05) is 12.1 Å². The van der Waals surface area contributed by atoms with Gasteiger partial charge in [0.15, 0.2) is 0 Å². The molecule has 0 atom stereocenters. The standard InChI is InChI=1S/C12H17NO3.ClH/c1-3-16-12(14)7-10-6-9(8-13)4-5-11(10)15-2;/h4-6H,3,7-8,13H2,1-2H3;1H. The van der Waals surface area contributed by atoms with E-state index in [0.717, 1.165) is 11.1 Å². The SMILES string of the molecule is CCOC(=O)Cc1cc(CN)ccc1OC.Cl. The van der Waals surface area contributed by atoms with E-state index < -0.39 is 0 Å². The molecule has 0 saturated heterocycles. The highest BCUT2D eigenvalue weighted by Crippen LogP contribution is 2.20. The Bertz CT molecular complexity index is 369. The zero-order valence-electron chi connectivity index (χ0n) is 10.1. The van der Waals surface area contributed by atoms with Crippen LogP contribution in [0.2, 0.25) is 0 Å². The third-order valence-corrected chi connectivity index (χ3v) is 2.22. The van der Waals surface area contributed by atoms with Crippen molar-refractivity contribution in [2.24, 2.45) is 5.73 Å². The number of rotatable bonds is 5. The van der Waals surface area contributed by atoms with Gasteiger partial charge >= 0.3 is 5.97 Å². The van der Waals surface area contributed by atoms with E-state index >= 15 is 0 Å². The van der Waals surface area contributed by atoms with Crippen LogP contribution in [0.1, 0.15) is 18.1 Å². The first-order valence-electron chi connectivity index (χ1n) is 5.22. The Labute approximate surface area is 108 Å². The summed E-state index contributed by atoms with van der Waals surface area (Å²) >= 11 is 0. The molecular formula is C12H18ClNO3. The van der Waals surface area contributed by atoms with Crippen molar-refractivity contribution >= 4 is 18.4 Å². The molecule has 2 N–H and O–H groups in total. The van der Waals surface area contributed by atoms with Crippen molar-refractivity contribution in [3.63, 3.8) is 0 Å². The molecule has 96 valence electrons.